The molecule has 2 aromatic heterocycles. The molecule has 0 aliphatic rings. The van der Waals surface area contributed by atoms with Crippen LogP contribution >= 0.6 is 22.9 Å². The zero-order valence-electron chi connectivity index (χ0n) is 5.54. The first-order valence-electron chi connectivity index (χ1n) is 3.11. The summed E-state index contributed by atoms with van der Waals surface area (Å²) in [4.78, 5) is 1.02. The van der Waals surface area contributed by atoms with E-state index in [1.807, 2.05) is 17.5 Å². The summed E-state index contributed by atoms with van der Waals surface area (Å²) in [7, 11) is 0. The number of H-pyrrole nitrogens is 1. The highest BCUT2D eigenvalue weighted by Gasteiger charge is 2.05. The summed E-state index contributed by atoms with van der Waals surface area (Å²) >= 11 is 7.48. The van der Waals surface area contributed by atoms with Gasteiger partial charge < -0.3 is 0 Å². The van der Waals surface area contributed by atoms with E-state index in [4.69, 9.17) is 11.6 Å². The second-order valence-electron chi connectivity index (χ2n) is 2.06. The number of hydrogen-bond acceptors (Lipinski definition) is 2. The summed E-state index contributed by atoms with van der Waals surface area (Å²) in [5.41, 5.74) is 0.907. The SMILES string of the molecule is Clc1ccsc1-c1cc[nH]n1. The maximum Gasteiger partial charge on any atom is 0.103 e. The van der Waals surface area contributed by atoms with Crippen molar-refractivity contribution in [3.63, 3.8) is 0 Å². The van der Waals surface area contributed by atoms with Crippen LogP contribution in [-0.4, -0.2) is 10.2 Å². The fraction of sp³-hybridized carbons (Fsp3) is 0. The van der Waals surface area contributed by atoms with Gasteiger partial charge in [0.05, 0.1) is 9.90 Å². The Balaban J connectivity index is 2.53. The Kier molecular flexibility index (Phi) is 1.68. The van der Waals surface area contributed by atoms with Gasteiger partial charge in [-0.25, -0.2) is 0 Å². The van der Waals surface area contributed by atoms with Gasteiger partial charge in [0.2, 0.25) is 0 Å². The van der Waals surface area contributed by atoms with E-state index >= 15 is 0 Å². The highest BCUT2D eigenvalue weighted by molar-refractivity contribution is 7.14. The first-order chi connectivity index (χ1) is 5.38. The van der Waals surface area contributed by atoms with Crippen molar-refractivity contribution in [3.05, 3.63) is 28.7 Å². The van der Waals surface area contributed by atoms with Gasteiger partial charge in [-0.2, -0.15) is 5.10 Å². The molecular formula is C7H5ClN2S. The molecule has 0 atom stereocenters. The van der Waals surface area contributed by atoms with Crippen LogP contribution in [0.5, 0.6) is 0 Å². The average molecular weight is 185 g/mol. The van der Waals surface area contributed by atoms with Crippen molar-refractivity contribution in [2.45, 2.75) is 0 Å². The van der Waals surface area contributed by atoms with E-state index in [1.165, 1.54) is 0 Å². The van der Waals surface area contributed by atoms with Gasteiger partial charge in [0.25, 0.3) is 0 Å². The highest BCUT2D eigenvalue weighted by Crippen LogP contribution is 2.31. The Morgan fingerprint density at radius 1 is 1.45 bits per heavy atom. The Morgan fingerprint density at radius 3 is 2.91 bits per heavy atom. The number of aromatic nitrogens is 2. The zero-order valence-corrected chi connectivity index (χ0v) is 7.12. The average Bonchev–Trinajstić information content (AvgIpc) is 2.55. The number of aromatic amines is 1. The van der Waals surface area contributed by atoms with Crippen LogP contribution in [0.25, 0.3) is 10.6 Å². The third kappa shape index (κ3) is 1.17. The monoisotopic (exact) mass is 184 g/mol. The number of hydrogen-bond donors (Lipinski definition) is 1. The number of halogens is 1. The van der Waals surface area contributed by atoms with Crippen molar-refractivity contribution in [3.8, 4) is 10.6 Å². The predicted octanol–water partition coefficient (Wildman–Crippen LogP) is 2.79. The molecule has 1 N–H and O–H groups in total. The Hall–Kier alpha value is -0.800. The fourth-order valence-electron chi connectivity index (χ4n) is 0.863. The Morgan fingerprint density at radius 2 is 2.36 bits per heavy atom. The molecule has 0 fully saturated rings. The second kappa shape index (κ2) is 2.68. The molecule has 56 valence electrons. The quantitative estimate of drug-likeness (QED) is 0.726. The first kappa shape index (κ1) is 6.88. The third-order valence-corrected chi connectivity index (χ3v) is 2.71. The standard InChI is InChI=1S/C7H5ClN2S/c8-5-2-4-11-7(5)6-1-3-9-10-6/h1-4H,(H,9,10). The molecule has 2 aromatic rings. The molecule has 2 heterocycles. The van der Waals surface area contributed by atoms with Crippen LogP contribution in [0, 0.1) is 0 Å². The van der Waals surface area contributed by atoms with Crippen LogP contribution in [0.4, 0.5) is 0 Å². The molecule has 0 aliphatic heterocycles. The molecule has 2 nitrogen and oxygen atoms in total. The molecule has 0 aliphatic carbocycles. The summed E-state index contributed by atoms with van der Waals surface area (Å²) in [5, 5.41) is 9.48. The highest BCUT2D eigenvalue weighted by atomic mass is 35.5. The van der Waals surface area contributed by atoms with Crippen molar-refractivity contribution in [2.75, 3.05) is 0 Å². The van der Waals surface area contributed by atoms with Gasteiger partial charge >= 0.3 is 0 Å². The van der Waals surface area contributed by atoms with Crippen molar-refractivity contribution in [1.29, 1.82) is 0 Å². The van der Waals surface area contributed by atoms with Gasteiger partial charge in [0.15, 0.2) is 0 Å². The van der Waals surface area contributed by atoms with Gasteiger partial charge in [0.1, 0.15) is 5.69 Å². The minimum absolute atomic E-state index is 0.766. The molecule has 4 heteroatoms. The minimum Gasteiger partial charge on any atom is -0.285 e. The topological polar surface area (TPSA) is 28.7 Å². The molecule has 0 aromatic carbocycles. The van der Waals surface area contributed by atoms with Crippen molar-refractivity contribution >= 4 is 22.9 Å². The van der Waals surface area contributed by atoms with Gasteiger partial charge in [0, 0.05) is 6.20 Å². The van der Waals surface area contributed by atoms with E-state index in [1.54, 1.807) is 17.5 Å². The second-order valence-corrected chi connectivity index (χ2v) is 3.38. The molecule has 0 unspecified atom stereocenters. The van der Waals surface area contributed by atoms with Gasteiger partial charge in [-0.05, 0) is 17.5 Å². The lowest BCUT2D eigenvalue weighted by molar-refractivity contribution is 1.10. The molecule has 0 spiro atoms. The van der Waals surface area contributed by atoms with Gasteiger partial charge in [-0.3, -0.25) is 5.10 Å². The summed E-state index contributed by atoms with van der Waals surface area (Å²) < 4.78 is 0. The maximum absolute atomic E-state index is 5.89. The molecular weight excluding hydrogens is 180 g/mol. The maximum atomic E-state index is 5.89. The first-order valence-corrected chi connectivity index (χ1v) is 4.37. The third-order valence-electron chi connectivity index (χ3n) is 1.35. The van der Waals surface area contributed by atoms with Gasteiger partial charge in [-0.1, -0.05) is 11.6 Å². The normalized spacial score (nSPS) is 10.3. The van der Waals surface area contributed by atoms with Crippen LogP contribution in [0.3, 0.4) is 0 Å². The molecule has 0 saturated heterocycles. The van der Waals surface area contributed by atoms with Crippen LogP contribution < -0.4 is 0 Å². The lowest BCUT2D eigenvalue weighted by Crippen LogP contribution is -1.71. The van der Waals surface area contributed by atoms with E-state index in [0.29, 0.717) is 0 Å². The summed E-state index contributed by atoms with van der Waals surface area (Å²) in [6.07, 6.45) is 1.78. The van der Waals surface area contributed by atoms with Crippen molar-refractivity contribution in [1.82, 2.24) is 10.2 Å². The van der Waals surface area contributed by atoms with E-state index < -0.39 is 0 Å². The zero-order chi connectivity index (χ0) is 7.68. The van der Waals surface area contributed by atoms with Crippen LogP contribution in [0.1, 0.15) is 0 Å². The molecule has 0 saturated carbocycles. The van der Waals surface area contributed by atoms with Gasteiger partial charge in [-0.15, -0.1) is 11.3 Å². The van der Waals surface area contributed by atoms with E-state index in [2.05, 4.69) is 10.2 Å². The smallest absolute Gasteiger partial charge is 0.103 e. The van der Waals surface area contributed by atoms with Crippen LogP contribution in [-0.2, 0) is 0 Å². The molecule has 2 rings (SSSR count). The lowest BCUT2D eigenvalue weighted by Gasteiger charge is -1.88. The summed E-state index contributed by atoms with van der Waals surface area (Å²) in [6, 6.07) is 3.77. The van der Waals surface area contributed by atoms with Crippen LogP contribution in [0.2, 0.25) is 5.02 Å². The summed E-state index contributed by atoms with van der Waals surface area (Å²) in [6.45, 7) is 0. The van der Waals surface area contributed by atoms with E-state index in [-0.39, 0.29) is 0 Å². The molecule has 0 radical (unpaired) electrons. The Labute approximate surface area is 72.8 Å². The molecule has 11 heavy (non-hydrogen) atoms. The van der Waals surface area contributed by atoms with Crippen molar-refractivity contribution < 1.29 is 0 Å². The molecule has 0 amide bonds. The molecule has 0 bridgehead atoms. The number of nitrogens with zero attached hydrogens (tertiary/aromatic N) is 1. The number of thiophene rings is 1. The predicted molar refractivity (Wildman–Crippen MR) is 46.9 cm³/mol. The fourth-order valence-corrected chi connectivity index (χ4v) is 1.99. The largest absolute Gasteiger partial charge is 0.285 e. The minimum atomic E-state index is 0.766. The van der Waals surface area contributed by atoms with E-state index in [0.717, 1.165) is 15.6 Å². The number of nitrogens with one attached hydrogen (secondary N) is 1. The Bertz CT molecular complexity index is 339. The van der Waals surface area contributed by atoms with E-state index in [9.17, 15) is 0 Å². The summed E-state index contributed by atoms with van der Waals surface area (Å²) in [5.74, 6) is 0. The van der Waals surface area contributed by atoms with Crippen molar-refractivity contribution in [2.24, 2.45) is 0 Å². The lowest BCUT2D eigenvalue weighted by atomic mass is 10.3. The van der Waals surface area contributed by atoms with Crippen LogP contribution in [0.15, 0.2) is 23.7 Å². The number of rotatable bonds is 1.